The molecule has 2 aromatic rings. The van der Waals surface area contributed by atoms with Gasteiger partial charge in [-0.25, -0.2) is 4.79 Å². The lowest BCUT2D eigenvalue weighted by Gasteiger charge is -2.42. The van der Waals surface area contributed by atoms with Crippen molar-refractivity contribution >= 4 is 17.6 Å². The fourth-order valence-electron chi connectivity index (χ4n) is 3.20. The van der Waals surface area contributed by atoms with E-state index in [0.29, 0.717) is 10.6 Å². The van der Waals surface area contributed by atoms with Gasteiger partial charge in [-0.3, -0.25) is 0 Å². The molecule has 0 unspecified atom stereocenters. The Morgan fingerprint density at radius 1 is 1.18 bits per heavy atom. The fraction of sp³-hybridized carbons (Fsp3) is 0.286. The Hall–Kier alpha value is -2.31. The summed E-state index contributed by atoms with van der Waals surface area (Å²) >= 11 is 5.84. The summed E-state index contributed by atoms with van der Waals surface area (Å²) in [7, 11) is 0. The molecule has 0 aliphatic carbocycles. The van der Waals surface area contributed by atoms with E-state index in [0.717, 1.165) is 0 Å². The van der Waals surface area contributed by atoms with Gasteiger partial charge in [-0.05, 0) is 30.2 Å². The number of rotatable bonds is 4. The quantitative estimate of drug-likeness (QED) is 0.602. The van der Waals surface area contributed by atoms with Crippen LogP contribution < -0.4 is 0 Å². The first-order valence-electron chi connectivity index (χ1n) is 8.71. The van der Waals surface area contributed by atoms with Crippen LogP contribution in [0, 0.1) is 0 Å². The number of benzene rings is 2. The van der Waals surface area contributed by atoms with Crippen molar-refractivity contribution in [2.45, 2.75) is 31.2 Å². The summed E-state index contributed by atoms with van der Waals surface area (Å²) in [6.07, 6.45) is -5.21. The molecular weight excluding hydrogens is 393 g/mol. The summed E-state index contributed by atoms with van der Waals surface area (Å²) in [5, 5.41) is 0.319. The molecule has 0 aromatic heterocycles. The van der Waals surface area contributed by atoms with E-state index in [4.69, 9.17) is 21.1 Å². The van der Waals surface area contributed by atoms with Crippen LogP contribution >= 0.6 is 11.6 Å². The third-order valence-corrected chi connectivity index (χ3v) is 4.84. The molecule has 0 saturated carbocycles. The Morgan fingerprint density at radius 2 is 1.82 bits per heavy atom. The predicted octanol–water partition coefficient (Wildman–Crippen LogP) is 5.75. The molecular formula is C21H18ClF3O3. The summed E-state index contributed by atoms with van der Waals surface area (Å²) in [5.74, 6) is -0.691. The molecule has 3 rings (SSSR count). The zero-order valence-electron chi connectivity index (χ0n) is 15.0. The van der Waals surface area contributed by atoms with Crippen LogP contribution in [0.5, 0.6) is 0 Å². The van der Waals surface area contributed by atoms with E-state index in [1.807, 2.05) is 0 Å². The summed E-state index contributed by atoms with van der Waals surface area (Å²) in [4.78, 5) is 12.4. The van der Waals surface area contributed by atoms with Crippen LogP contribution in [0.25, 0.3) is 0 Å². The Bertz CT molecular complexity index is 863. The molecule has 148 valence electrons. The van der Waals surface area contributed by atoms with Gasteiger partial charge in [0, 0.05) is 11.4 Å². The van der Waals surface area contributed by atoms with Crippen molar-refractivity contribution in [2.75, 3.05) is 6.61 Å². The number of halogens is 4. The minimum Gasteiger partial charge on any atom is -0.463 e. The van der Waals surface area contributed by atoms with Crippen molar-refractivity contribution in [1.29, 1.82) is 0 Å². The molecule has 0 saturated heterocycles. The van der Waals surface area contributed by atoms with Gasteiger partial charge in [0.25, 0.3) is 0 Å². The van der Waals surface area contributed by atoms with Crippen LogP contribution in [0.15, 0.2) is 66.2 Å². The smallest absolute Gasteiger partial charge is 0.422 e. The average molecular weight is 411 g/mol. The standard InChI is InChI=1S/C21H18ClF3O3/c1-2-27-19(26)17-12-13-20(21(23,24)25,15-8-10-16(22)11-9-15)28-18(17)14-6-4-3-5-7-14/h3-12,18H,2,13H2,1H3/t18-,20-/m1/s1. The summed E-state index contributed by atoms with van der Waals surface area (Å²) in [6, 6.07) is 13.7. The third-order valence-electron chi connectivity index (χ3n) is 4.59. The van der Waals surface area contributed by atoms with Crippen molar-refractivity contribution < 1.29 is 27.4 Å². The molecule has 1 aliphatic heterocycles. The number of alkyl halides is 3. The van der Waals surface area contributed by atoms with Gasteiger partial charge in [-0.15, -0.1) is 0 Å². The van der Waals surface area contributed by atoms with Crippen LogP contribution in [0.2, 0.25) is 5.02 Å². The van der Waals surface area contributed by atoms with E-state index in [2.05, 4.69) is 0 Å². The van der Waals surface area contributed by atoms with E-state index in [-0.39, 0.29) is 17.7 Å². The zero-order chi connectivity index (χ0) is 20.4. The highest BCUT2D eigenvalue weighted by Gasteiger charge is 2.60. The first-order valence-corrected chi connectivity index (χ1v) is 9.09. The maximum absolute atomic E-state index is 14.2. The minimum atomic E-state index is -4.72. The van der Waals surface area contributed by atoms with Crippen LogP contribution in [0.1, 0.15) is 30.6 Å². The molecule has 0 fully saturated rings. The van der Waals surface area contributed by atoms with Gasteiger partial charge < -0.3 is 9.47 Å². The van der Waals surface area contributed by atoms with Gasteiger partial charge in [0.15, 0.2) is 5.60 Å². The molecule has 2 atom stereocenters. The summed E-state index contributed by atoms with van der Waals surface area (Å²) < 4.78 is 53.4. The maximum atomic E-state index is 14.2. The van der Waals surface area contributed by atoms with Gasteiger partial charge in [0.05, 0.1) is 12.2 Å². The van der Waals surface area contributed by atoms with Gasteiger partial charge in [0.1, 0.15) is 6.10 Å². The van der Waals surface area contributed by atoms with Crippen LogP contribution in [0.4, 0.5) is 13.2 Å². The summed E-state index contributed by atoms with van der Waals surface area (Å²) in [6.45, 7) is 1.74. The SMILES string of the molecule is CCOC(=O)C1=CC[C@@](c2ccc(Cl)cc2)(C(F)(F)F)O[C@@H]1c1ccccc1. The lowest BCUT2D eigenvalue weighted by atomic mass is 9.84. The molecule has 1 aliphatic rings. The molecule has 2 aromatic carbocycles. The second-order valence-corrected chi connectivity index (χ2v) is 6.76. The number of carbonyl (C=O) groups is 1. The van der Waals surface area contributed by atoms with E-state index in [1.54, 1.807) is 37.3 Å². The van der Waals surface area contributed by atoms with Crippen LogP contribution in [-0.2, 0) is 19.9 Å². The van der Waals surface area contributed by atoms with E-state index in [9.17, 15) is 18.0 Å². The van der Waals surface area contributed by atoms with Gasteiger partial charge in [0.2, 0.25) is 0 Å². The van der Waals surface area contributed by atoms with Gasteiger partial charge in [-0.2, -0.15) is 13.2 Å². The number of carbonyl (C=O) groups excluding carboxylic acids is 1. The summed E-state index contributed by atoms with van der Waals surface area (Å²) in [5.41, 5.74) is -2.19. The lowest BCUT2D eigenvalue weighted by molar-refractivity contribution is -0.298. The third kappa shape index (κ3) is 3.80. The van der Waals surface area contributed by atoms with Crippen molar-refractivity contribution in [1.82, 2.24) is 0 Å². The molecule has 0 radical (unpaired) electrons. The fourth-order valence-corrected chi connectivity index (χ4v) is 3.33. The van der Waals surface area contributed by atoms with Crippen molar-refractivity contribution in [3.05, 3.63) is 82.4 Å². The second-order valence-electron chi connectivity index (χ2n) is 6.32. The highest BCUT2D eigenvalue weighted by atomic mass is 35.5. The van der Waals surface area contributed by atoms with Gasteiger partial charge >= 0.3 is 12.1 Å². The molecule has 1 heterocycles. The highest BCUT2D eigenvalue weighted by molar-refractivity contribution is 6.30. The van der Waals surface area contributed by atoms with Crippen LogP contribution in [0.3, 0.4) is 0 Å². The first kappa shape index (κ1) is 20.4. The topological polar surface area (TPSA) is 35.5 Å². The second kappa shape index (κ2) is 7.97. The molecule has 0 N–H and O–H groups in total. The monoisotopic (exact) mass is 410 g/mol. The molecule has 3 nitrogen and oxygen atoms in total. The Morgan fingerprint density at radius 3 is 2.39 bits per heavy atom. The Balaban J connectivity index is 2.13. The van der Waals surface area contributed by atoms with Crippen molar-refractivity contribution in [2.24, 2.45) is 0 Å². The Kier molecular flexibility index (Phi) is 5.82. The Labute approximate surface area is 165 Å². The van der Waals surface area contributed by atoms with Gasteiger partial charge in [-0.1, -0.05) is 60.1 Å². The highest BCUT2D eigenvalue weighted by Crippen LogP contribution is 2.52. The molecule has 0 spiro atoms. The molecule has 0 amide bonds. The number of ether oxygens (including phenoxy) is 2. The number of hydrogen-bond acceptors (Lipinski definition) is 3. The van der Waals surface area contributed by atoms with E-state index in [1.165, 1.54) is 30.3 Å². The maximum Gasteiger partial charge on any atom is 0.422 e. The molecule has 7 heteroatoms. The lowest BCUT2D eigenvalue weighted by Crippen LogP contribution is -2.48. The first-order chi connectivity index (χ1) is 13.3. The number of hydrogen-bond donors (Lipinski definition) is 0. The zero-order valence-corrected chi connectivity index (χ0v) is 15.8. The van der Waals surface area contributed by atoms with Crippen LogP contribution in [-0.4, -0.2) is 18.8 Å². The van der Waals surface area contributed by atoms with Crippen molar-refractivity contribution in [3.63, 3.8) is 0 Å². The minimum absolute atomic E-state index is 0.0573. The largest absolute Gasteiger partial charge is 0.463 e. The molecule has 28 heavy (non-hydrogen) atoms. The normalized spacial score (nSPS) is 22.5. The predicted molar refractivity (Wildman–Crippen MR) is 98.8 cm³/mol. The van der Waals surface area contributed by atoms with Crippen molar-refractivity contribution in [3.8, 4) is 0 Å². The average Bonchev–Trinajstić information content (AvgIpc) is 2.68. The number of esters is 1. The molecule has 0 bridgehead atoms. The van der Waals surface area contributed by atoms with E-state index >= 15 is 0 Å². The van der Waals surface area contributed by atoms with E-state index < -0.39 is 30.3 Å².